The molecule has 0 aliphatic carbocycles. The van der Waals surface area contributed by atoms with Gasteiger partial charge in [0.2, 0.25) is 0 Å². The molecule has 1 amide bonds. The minimum absolute atomic E-state index is 0.0358. The maximum absolute atomic E-state index is 12.2. The van der Waals surface area contributed by atoms with Crippen molar-refractivity contribution in [1.29, 1.82) is 0 Å². The fraction of sp³-hybridized carbons (Fsp3) is 0.417. The number of rotatable bonds is 10. The number of carbonyl (C=O) groups is 1. The van der Waals surface area contributed by atoms with Gasteiger partial charge in [-0.2, -0.15) is 0 Å². The quantitative estimate of drug-likeness (QED) is 0.501. The molecule has 154 valence electrons. The van der Waals surface area contributed by atoms with Crippen LogP contribution in [0.4, 0.5) is 0 Å². The highest BCUT2D eigenvalue weighted by atomic mass is 16.5. The molecule has 3 aromatic rings. The molecule has 0 atom stereocenters. The van der Waals surface area contributed by atoms with Crippen molar-refractivity contribution in [3.8, 4) is 5.75 Å². The standard InChI is InChI=1S/C24H31N3O2/c1-18(2)17-27-22-10-7-6-9-21(22)26-23(27)11-5-4-8-16-25-24(28)19-12-14-20(29-3)15-13-19/h6-7,9-10,12-15,18H,4-5,8,11,16-17H2,1-3H3,(H,25,28). The number of para-hydroxylation sites is 2. The average molecular weight is 394 g/mol. The van der Waals surface area contributed by atoms with Crippen LogP contribution in [-0.2, 0) is 13.0 Å². The van der Waals surface area contributed by atoms with E-state index in [4.69, 9.17) is 9.72 Å². The Morgan fingerprint density at radius 3 is 2.55 bits per heavy atom. The number of unbranched alkanes of at least 4 members (excludes halogenated alkanes) is 2. The van der Waals surface area contributed by atoms with E-state index in [0.29, 0.717) is 18.0 Å². The van der Waals surface area contributed by atoms with Gasteiger partial charge in [0, 0.05) is 25.1 Å². The predicted molar refractivity (Wildman–Crippen MR) is 117 cm³/mol. The summed E-state index contributed by atoms with van der Waals surface area (Å²) in [7, 11) is 1.62. The molecule has 0 bridgehead atoms. The summed E-state index contributed by atoms with van der Waals surface area (Å²) < 4.78 is 7.49. The van der Waals surface area contributed by atoms with Crippen molar-refractivity contribution in [3.63, 3.8) is 0 Å². The molecule has 0 spiro atoms. The molecule has 0 aliphatic rings. The molecular weight excluding hydrogens is 362 g/mol. The highest BCUT2D eigenvalue weighted by molar-refractivity contribution is 5.94. The van der Waals surface area contributed by atoms with Crippen LogP contribution in [0.5, 0.6) is 5.75 Å². The number of aryl methyl sites for hydroxylation is 1. The zero-order valence-electron chi connectivity index (χ0n) is 17.6. The fourth-order valence-corrected chi connectivity index (χ4v) is 3.52. The number of amides is 1. The Hall–Kier alpha value is -2.82. The molecule has 3 rings (SSSR count). The van der Waals surface area contributed by atoms with Gasteiger partial charge in [-0.1, -0.05) is 32.4 Å². The molecule has 29 heavy (non-hydrogen) atoms. The Balaban J connectivity index is 1.45. The monoisotopic (exact) mass is 393 g/mol. The lowest BCUT2D eigenvalue weighted by atomic mass is 10.1. The van der Waals surface area contributed by atoms with E-state index in [-0.39, 0.29) is 5.91 Å². The van der Waals surface area contributed by atoms with Crippen LogP contribution < -0.4 is 10.1 Å². The number of benzene rings is 2. The lowest BCUT2D eigenvalue weighted by molar-refractivity contribution is 0.0953. The van der Waals surface area contributed by atoms with Gasteiger partial charge in [-0.05, 0) is 55.2 Å². The lowest BCUT2D eigenvalue weighted by Gasteiger charge is -2.12. The van der Waals surface area contributed by atoms with E-state index in [1.165, 1.54) is 11.3 Å². The molecule has 2 aromatic carbocycles. The number of nitrogens with zero attached hydrogens (tertiary/aromatic N) is 2. The molecule has 1 heterocycles. The van der Waals surface area contributed by atoms with Gasteiger partial charge in [0.25, 0.3) is 5.91 Å². The first-order valence-electron chi connectivity index (χ1n) is 10.4. The third kappa shape index (κ3) is 5.59. The van der Waals surface area contributed by atoms with Gasteiger partial charge < -0.3 is 14.6 Å². The number of ether oxygens (including phenoxy) is 1. The number of hydrogen-bond donors (Lipinski definition) is 1. The molecular formula is C24H31N3O2. The molecule has 5 heteroatoms. The topological polar surface area (TPSA) is 56.1 Å². The number of imidazole rings is 1. The summed E-state index contributed by atoms with van der Waals surface area (Å²) in [5, 5.41) is 2.99. The second-order valence-electron chi connectivity index (χ2n) is 7.82. The Morgan fingerprint density at radius 2 is 1.83 bits per heavy atom. The van der Waals surface area contributed by atoms with Crippen molar-refractivity contribution in [2.45, 2.75) is 46.1 Å². The summed E-state index contributed by atoms with van der Waals surface area (Å²) in [6.07, 6.45) is 4.06. The first-order chi connectivity index (χ1) is 14.1. The van der Waals surface area contributed by atoms with E-state index in [1.807, 2.05) is 6.07 Å². The molecule has 0 aliphatic heterocycles. The molecule has 0 saturated carbocycles. The smallest absolute Gasteiger partial charge is 0.251 e. The zero-order valence-corrected chi connectivity index (χ0v) is 17.6. The minimum Gasteiger partial charge on any atom is -0.497 e. The van der Waals surface area contributed by atoms with Gasteiger partial charge in [-0.15, -0.1) is 0 Å². The van der Waals surface area contributed by atoms with Crippen LogP contribution in [0.3, 0.4) is 0 Å². The van der Waals surface area contributed by atoms with E-state index in [1.54, 1.807) is 31.4 Å². The summed E-state index contributed by atoms with van der Waals surface area (Å²) in [5.41, 5.74) is 2.96. The van der Waals surface area contributed by atoms with Crippen molar-refractivity contribution >= 4 is 16.9 Å². The largest absolute Gasteiger partial charge is 0.497 e. The first kappa shape index (κ1) is 20.9. The second-order valence-corrected chi connectivity index (χ2v) is 7.82. The molecule has 0 radical (unpaired) electrons. The molecule has 1 N–H and O–H groups in total. The van der Waals surface area contributed by atoms with E-state index in [0.717, 1.165) is 43.5 Å². The van der Waals surface area contributed by atoms with E-state index in [9.17, 15) is 4.79 Å². The summed E-state index contributed by atoms with van der Waals surface area (Å²) >= 11 is 0. The Bertz CT molecular complexity index is 929. The molecule has 0 saturated heterocycles. The Labute approximate surface area is 173 Å². The van der Waals surface area contributed by atoms with Gasteiger partial charge in [0.1, 0.15) is 11.6 Å². The van der Waals surface area contributed by atoms with Crippen LogP contribution in [0.15, 0.2) is 48.5 Å². The number of nitrogens with one attached hydrogen (secondary N) is 1. The van der Waals surface area contributed by atoms with Crippen molar-refractivity contribution in [2.24, 2.45) is 5.92 Å². The van der Waals surface area contributed by atoms with Crippen molar-refractivity contribution in [1.82, 2.24) is 14.9 Å². The number of hydrogen-bond acceptors (Lipinski definition) is 3. The van der Waals surface area contributed by atoms with Crippen LogP contribution in [0.1, 0.15) is 49.3 Å². The third-order valence-electron chi connectivity index (χ3n) is 5.00. The van der Waals surface area contributed by atoms with Gasteiger partial charge in [-0.25, -0.2) is 4.98 Å². The van der Waals surface area contributed by atoms with Crippen LogP contribution in [-0.4, -0.2) is 29.1 Å². The van der Waals surface area contributed by atoms with Gasteiger partial charge in [-0.3, -0.25) is 4.79 Å². The van der Waals surface area contributed by atoms with E-state index < -0.39 is 0 Å². The van der Waals surface area contributed by atoms with E-state index in [2.05, 4.69) is 41.9 Å². The highest BCUT2D eigenvalue weighted by Gasteiger charge is 2.11. The lowest BCUT2D eigenvalue weighted by Crippen LogP contribution is -2.24. The van der Waals surface area contributed by atoms with Crippen LogP contribution in [0.25, 0.3) is 11.0 Å². The van der Waals surface area contributed by atoms with Gasteiger partial charge in [0.15, 0.2) is 0 Å². The number of methoxy groups -OCH3 is 1. The highest BCUT2D eigenvalue weighted by Crippen LogP contribution is 2.19. The van der Waals surface area contributed by atoms with Crippen LogP contribution in [0.2, 0.25) is 0 Å². The summed E-state index contributed by atoms with van der Waals surface area (Å²) in [5.74, 6) is 2.47. The maximum atomic E-state index is 12.2. The molecule has 0 unspecified atom stereocenters. The van der Waals surface area contributed by atoms with Gasteiger partial charge >= 0.3 is 0 Å². The predicted octanol–water partition coefficient (Wildman–Crippen LogP) is 4.84. The fourth-order valence-electron chi connectivity index (χ4n) is 3.52. The maximum Gasteiger partial charge on any atom is 0.251 e. The minimum atomic E-state index is -0.0358. The SMILES string of the molecule is COc1ccc(C(=O)NCCCCCc2nc3ccccc3n2CC(C)C)cc1. The normalized spacial score (nSPS) is 11.2. The van der Waals surface area contributed by atoms with E-state index >= 15 is 0 Å². The van der Waals surface area contributed by atoms with Crippen molar-refractivity contribution in [2.75, 3.05) is 13.7 Å². The number of carbonyl (C=O) groups excluding carboxylic acids is 1. The summed E-state index contributed by atoms with van der Waals surface area (Å²) in [6.45, 7) is 6.16. The number of fused-ring (bicyclic) bond motifs is 1. The average Bonchev–Trinajstić information content (AvgIpc) is 3.07. The van der Waals surface area contributed by atoms with Gasteiger partial charge in [0.05, 0.1) is 18.1 Å². The molecule has 0 fully saturated rings. The van der Waals surface area contributed by atoms with Crippen LogP contribution in [0, 0.1) is 5.92 Å². The first-order valence-corrected chi connectivity index (χ1v) is 10.4. The molecule has 1 aromatic heterocycles. The summed E-state index contributed by atoms with van der Waals surface area (Å²) in [6, 6.07) is 15.5. The molecule has 5 nitrogen and oxygen atoms in total. The van der Waals surface area contributed by atoms with Crippen molar-refractivity contribution < 1.29 is 9.53 Å². The number of aromatic nitrogens is 2. The Kier molecular flexibility index (Phi) is 7.28. The Morgan fingerprint density at radius 1 is 1.07 bits per heavy atom. The third-order valence-corrected chi connectivity index (χ3v) is 5.00. The van der Waals surface area contributed by atoms with Crippen LogP contribution >= 0.6 is 0 Å². The second kappa shape index (κ2) is 10.1. The summed E-state index contributed by atoms with van der Waals surface area (Å²) in [4.78, 5) is 17.0. The zero-order chi connectivity index (χ0) is 20.6. The van der Waals surface area contributed by atoms with Crippen molar-refractivity contribution in [3.05, 3.63) is 59.9 Å².